The normalized spacial score (nSPS) is 11.9. The van der Waals surface area contributed by atoms with Crippen molar-refractivity contribution in [3.63, 3.8) is 0 Å². The SMILES string of the molecule is COc1cccc(Cn2c3cc(C(F)(F)F)ccc3c3c(C(N)=O)cccc32)c1. The molecule has 0 unspecified atom stereocenters. The maximum absolute atomic E-state index is 13.3. The predicted molar refractivity (Wildman–Crippen MR) is 105 cm³/mol. The van der Waals surface area contributed by atoms with Crippen LogP contribution in [0.25, 0.3) is 21.8 Å². The molecule has 0 radical (unpaired) electrons. The maximum atomic E-state index is 13.3. The lowest BCUT2D eigenvalue weighted by molar-refractivity contribution is -0.137. The summed E-state index contributed by atoms with van der Waals surface area (Å²) in [4.78, 5) is 12.0. The Morgan fingerprint density at radius 3 is 2.48 bits per heavy atom. The lowest BCUT2D eigenvalue weighted by Gasteiger charge is -2.11. The van der Waals surface area contributed by atoms with E-state index in [4.69, 9.17) is 10.5 Å². The smallest absolute Gasteiger partial charge is 0.416 e. The topological polar surface area (TPSA) is 57.2 Å². The summed E-state index contributed by atoms with van der Waals surface area (Å²) in [6.45, 7) is 0.306. The summed E-state index contributed by atoms with van der Waals surface area (Å²) in [5.41, 5.74) is 6.92. The number of methoxy groups -OCH3 is 1. The van der Waals surface area contributed by atoms with Crippen molar-refractivity contribution in [1.29, 1.82) is 0 Å². The molecule has 1 amide bonds. The first-order valence-corrected chi connectivity index (χ1v) is 8.84. The molecule has 0 saturated heterocycles. The van der Waals surface area contributed by atoms with Crippen LogP contribution in [0.15, 0.2) is 60.7 Å². The molecule has 29 heavy (non-hydrogen) atoms. The molecule has 0 spiro atoms. The Morgan fingerprint density at radius 2 is 1.79 bits per heavy atom. The molecule has 4 nitrogen and oxygen atoms in total. The lowest BCUT2D eigenvalue weighted by atomic mass is 10.0. The van der Waals surface area contributed by atoms with Gasteiger partial charge in [-0.05, 0) is 42.0 Å². The van der Waals surface area contributed by atoms with Crippen LogP contribution in [0.4, 0.5) is 13.2 Å². The van der Waals surface area contributed by atoms with Crippen LogP contribution in [-0.4, -0.2) is 17.6 Å². The number of rotatable bonds is 4. The van der Waals surface area contributed by atoms with Crippen LogP contribution in [0.1, 0.15) is 21.5 Å². The van der Waals surface area contributed by atoms with E-state index < -0.39 is 17.6 Å². The van der Waals surface area contributed by atoms with Crippen LogP contribution in [0, 0.1) is 0 Å². The van der Waals surface area contributed by atoms with E-state index in [1.54, 1.807) is 35.9 Å². The van der Waals surface area contributed by atoms with E-state index in [1.807, 2.05) is 18.2 Å². The van der Waals surface area contributed by atoms with Crippen molar-refractivity contribution in [3.05, 3.63) is 77.4 Å². The van der Waals surface area contributed by atoms with Crippen LogP contribution in [0.2, 0.25) is 0 Å². The van der Waals surface area contributed by atoms with Gasteiger partial charge in [0.05, 0.1) is 23.7 Å². The number of alkyl halides is 3. The number of ether oxygens (including phenoxy) is 1. The van der Waals surface area contributed by atoms with Gasteiger partial charge in [0, 0.05) is 22.9 Å². The largest absolute Gasteiger partial charge is 0.497 e. The molecule has 2 N–H and O–H groups in total. The van der Waals surface area contributed by atoms with Gasteiger partial charge in [-0.15, -0.1) is 0 Å². The van der Waals surface area contributed by atoms with E-state index in [0.29, 0.717) is 34.1 Å². The number of hydrogen-bond donors (Lipinski definition) is 1. The number of amides is 1. The lowest BCUT2D eigenvalue weighted by Crippen LogP contribution is -2.11. The fraction of sp³-hybridized carbons (Fsp3) is 0.136. The van der Waals surface area contributed by atoms with Gasteiger partial charge in [-0.3, -0.25) is 4.79 Å². The second-order valence-corrected chi connectivity index (χ2v) is 6.73. The molecule has 0 fully saturated rings. The first kappa shape index (κ1) is 18.9. The Hall–Kier alpha value is -3.48. The van der Waals surface area contributed by atoms with Crippen molar-refractivity contribution >= 4 is 27.7 Å². The molecule has 0 aliphatic carbocycles. The van der Waals surface area contributed by atoms with Gasteiger partial charge in [0.1, 0.15) is 5.75 Å². The zero-order valence-corrected chi connectivity index (χ0v) is 15.5. The summed E-state index contributed by atoms with van der Waals surface area (Å²) in [5, 5.41) is 1.09. The van der Waals surface area contributed by atoms with Crippen molar-refractivity contribution in [2.45, 2.75) is 12.7 Å². The van der Waals surface area contributed by atoms with E-state index in [-0.39, 0.29) is 5.56 Å². The average Bonchev–Trinajstić information content (AvgIpc) is 3.00. The Balaban J connectivity index is 2.03. The number of fused-ring (bicyclic) bond motifs is 3. The first-order chi connectivity index (χ1) is 13.8. The minimum atomic E-state index is -4.47. The molecule has 7 heteroatoms. The quantitative estimate of drug-likeness (QED) is 0.528. The van der Waals surface area contributed by atoms with E-state index in [9.17, 15) is 18.0 Å². The minimum Gasteiger partial charge on any atom is -0.497 e. The standard InChI is InChI=1S/C22H17F3N2O2/c1-29-15-5-2-4-13(10-15)12-27-18-7-3-6-17(21(26)28)20(18)16-9-8-14(11-19(16)27)22(23,24)25/h2-11H,12H2,1H3,(H2,26,28). The number of nitrogens with two attached hydrogens (primary N) is 1. The summed E-state index contributed by atoms with van der Waals surface area (Å²) in [5.74, 6) is 0.0213. The Bertz CT molecular complexity index is 1240. The summed E-state index contributed by atoms with van der Waals surface area (Å²) in [7, 11) is 1.55. The van der Waals surface area contributed by atoms with Crippen LogP contribution in [0.5, 0.6) is 5.75 Å². The molecule has 0 bridgehead atoms. The number of benzene rings is 3. The van der Waals surface area contributed by atoms with E-state index >= 15 is 0 Å². The second kappa shape index (κ2) is 6.84. The van der Waals surface area contributed by atoms with Crippen molar-refractivity contribution in [3.8, 4) is 5.75 Å². The average molecular weight is 398 g/mol. The second-order valence-electron chi connectivity index (χ2n) is 6.73. The van der Waals surface area contributed by atoms with Crippen molar-refractivity contribution in [2.24, 2.45) is 5.73 Å². The number of primary amides is 1. The van der Waals surface area contributed by atoms with Crippen molar-refractivity contribution in [2.75, 3.05) is 7.11 Å². The van der Waals surface area contributed by atoms with Gasteiger partial charge in [-0.2, -0.15) is 13.2 Å². The van der Waals surface area contributed by atoms with Gasteiger partial charge in [-0.25, -0.2) is 0 Å². The number of halogens is 3. The van der Waals surface area contributed by atoms with Gasteiger partial charge >= 0.3 is 6.18 Å². The molecule has 1 heterocycles. The molecule has 4 aromatic rings. The van der Waals surface area contributed by atoms with Crippen molar-refractivity contribution < 1.29 is 22.7 Å². The van der Waals surface area contributed by atoms with E-state index in [0.717, 1.165) is 17.7 Å². The number of hydrogen-bond acceptors (Lipinski definition) is 2. The third-order valence-corrected chi connectivity index (χ3v) is 4.96. The number of aromatic nitrogens is 1. The zero-order valence-electron chi connectivity index (χ0n) is 15.5. The van der Waals surface area contributed by atoms with E-state index in [1.165, 1.54) is 6.07 Å². The minimum absolute atomic E-state index is 0.275. The first-order valence-electron chi connectivity index (χ1n) is 8.84. The molecular weight excluding hydrogens is 381 g/mol. The predicted octanol–water partition coefficient (Wildman–Crippen LogP) is 4.97. The summed E-state index contributed by atoms with van der Waals surface area (Å²) < 4.78 is 47.0. The third-order valence-electron chi connectivity index (χ3n) is 4.96. The Kier molecular flexibility index (Phi) is 4.45. The summed E-state index contributed by atoms with van der Waals surface area (Å²) in [6.07, 6.45) is -4.47. The van der Waals surface area contributed by atoms with Crippen LogP contribution >= 0.6 is 0 Å². The molecular formula is C22H17F3N2O2. The Morgan fingerprint density at radius 1 is 1.03 bits per heavy atom. The summed E-state index contributed by atoms with van der Waals surface area (Å²) in [6, 6.07) is 15.9. The van der Waals surface area contributed by atoms with Crippen LogP contribution in [0.3, 0.4) is 0 Å². The molecule has 4 rings (SSSR count). The highest BCUT2D eigenvalue weighted by Gasteiger charge is 2.31. The van der Waals surface area contributed by atoms with Gasteiger partial charge in [0.2, 0.25) is 5.91 Å². The highest BCUT2D eigenvalue weighted by atomic mass is 19.4. The molecule has 0 atom stereocenters. The number of carbonyl (C=O) groups excluding carboxylic acids is 1. The van der Waals surface area contributed by atoms with Gasteiger partial charge in [0.15, 0.2) is 0 Å². The zero-order chi connectivity index (χ0) is 20.8. The van der Waals surface area contributed by atoms with Gasteiger partial charge in [-0.1, -0.05) is 24.3 Å². The van der Waals surface area contributed by atoms with Crippen LogP contribution in [-0.2, 0) is 12.7 Å². The van der Waals surface area contributed by atoms with Gasteiger partial charge < -0.3 is 15.0 Å². The fourth-order valence-corrected chi connectivity index (χ4v) is 3.65. The molecule has 0 aliphatic heterocycles. The summed E-state index contributed by atoms with van der Waals surface area (Å²) >= 11 is 0. The number of nitrogens with zero attached hydrogens (tertiary/aromatic N) is 1. The molecule has 148 valence electrons. The van der Waals surface area contributed by atoms with Crippen molar-refractivity contribution in [1.82, 2.24) is 4.57 Å². The number of carbonyl (C=O) groups is 1. The molecule has 0 aliphatic rings. The fourth-order valence-electron chi connectivity index (χ4n) is 3.65. The van der Waals surface area contributed by atoms with Crippen LogP contribution < -0.4 is 10.5 Å². The highest BCUT2D eigenvalue weighted by molar-refractivity contribution is 6.18. The third kappa shape index (κ3) is 3.29. The Labute approximate surface area is 164 Å². The highest BCUT2D eigenvalue weighted by Crippen LogP contribution is 2.37. The molecule has 3 aromatic carbocycles. The van der Waals surface area contributed by atoms with Gasteiger partial charge in [0.25, 0.3) is 0 Å². The monoisotopic (exact) mass is 398 g/mol. The maximum Gasteiger partial charge on any atom is 0.416 e. The molecule has 0 saturated carbocycles. The van der Waals surface area contributed by atoms with E-state index in [2.05, 4.69) is 0 Å². The molecule has 1 aromatic heterocycles.